The zero-order chi connectivity index (χ0) is 58.9. The molecule has 11 nitrogen and oxygen atoms in total. The fraction of sp³-hybridized carbons (Fsp3) is 0.686. The number of aliphatic hydroxyl groups excluding tert-OH is 5. The predicted octanol–water partition coefficient (Wildman–Crippen LogP) is 15.8. The molecule has 0 spiro atoms. The largest absolute Gasteiger partial charge is 0.454 e. The number of aliphatic hydroxyl groups is 5. The third-order valence-corrected chi connectivity index (χ3v) is 14.4. The number of allylic oxidation sites excluding steroid dienone is 19. The average molecular weight is 1130 g/mol. The summed E-state index contributed by atoms with van der Waals surface area (Å²) in [6, 6.07) is -1.04. The minimum atomic E-state index is -1.63. The predicted molar refractivity (Wildman–Crippen MR) is 338 cm³/mol. The Morgan fingerprint density at radius 2 is 0.951 bits per heavy atom. The highest BCUT2D eigenvalue weighted by Gasteiger charge is 2.47. The normalized spacial score (nSPS) is 19.5. The minimum absolute atomic E-state index is 0.0936. The van der Waals surface area contributed by atoms with Crippen molar-refractivity contribution >= 4 is 11.9 Å². The van der Waals surface area contributed by atoms with Gasteiger partial charge in [-0.1, -0.05) is 264 Å². The van der Waals surface area contributed by atoms with Gasteiger partial charge in [-0.3, -0.25) is 9.59 Å². The maximum absolute atomic E-state index is 13.5. The Labute approximate surface area is 493 Å². The van der Waals surface area contributed by atoms with Gasteiger partial charge < -0.3 is 45.1 Å². The van der Waals surface area contributed by atoms with Crippen LogP contribution in [0.5, 0.6) is 0 Å². The van der Waals surface area contributed by atoms with E-state index in [2.05, 4.69) is 117 Å². The number of carbonyl (C=O) groups excluding carboxylic acids is 2. The van der Waals surface area contributed by atoms with Crippen LogP contribution < -0.4 is 5.32 Å². The molecule has 0 aromatic heterocycles. The van der Waals surface area contributed by atoms with Crippen LogP contribution in [-0.2, 0) is 23.8 Å². The standard InChI is InChI=1S/C70H117NO10/c1-4-7-10-13-16-19-22-25-26-27-28-29-30-31-32-33-34-35-36-37-40-42-45-48-51-54-57-63(74)69(78)71-61(62(73)56-53-50-47-44-41-38-23-20-17-14-11-8-5-2)60-79-70-68(67(77)66(76)64(59-72)80-70)81-65(75)58-55-52-49-46-43-39-24-21-18-15-12-9-6-3/h7,9-10,12,15-16,18-19,21,24-26,28-29,31-32,34-35,53,56,61-64,66-68,70,72-74,76-77H,4-6,8,11,13-14,17,20,22-23,27,30,33,36-52,54-55,57-60H2,1-3H3,(H,71,78)/b10-7-,12-9+,18-15+,19-16-,24-21-,26-25-,29-28-,32-31-,35-34-,56-53+. The van der Waals surface area contributed by atoms with Gasteiger partial charge in [-0.2, -0.15) is 0 Å². The van der Waals surface area contributed by atoms with E-state index in [1.165, 1.54) is 57.8 Å². The highest BCUT2D eigenvalue weighted by molar-refractivity contribution is 5.80. The molecular weight excluding hydrogens is 1010 g/mol. The first kappa shape index (κ1) is 75.1. The first-order valence-corrected chi connectivity index (χ1v) is 32.3. The molecule has 1 aliphatic rings. The van der Waals surface area contributed by atoms with Crippen molar-refractivity contribution in [2.24, 2.45) is 0 Å². The van der Waals surface area contributed by atoms with Crippen molar-refractivity contribution in [1.29, 1.82) is 0 Å². The molecule has 0 aliphatic carbocycles. The van der Waals surface area contributed by atoms with Crippen LogP contribution in [0.1, 0.15) is 245 Å². The molecule has 0 aromatic rings. The molecule has 1 aliphatic heterocycles. The quantitative estimate of drug-likeness (QED) is 0.0149. The molecular formula is C70H117NO10. The highest BCUT2D eigenvalue weighted by Crippen LogP contribution is 2.26. The van der Waals surface area contributed by atoms with Gasteiger partial charge in [-0.05, 0) is 96.3 Å². The number of ether oxygens (including phenoxy) is 3. The lowest BCUT2D eigenvalue weighted by Gasteiger charge is -2.41. The molecule has 0 radical (unpaired) electrons. The Hall–Kier alpha value is -3.94. The second-order valence-corrected chi connectivity index (χ2v) is 21.8. The molecule has 1 rings (SSSR count). The fourth-order valence-electron chi connectivity index (χ4n) is 9.36. The summed E-state index contributed by atoms with van der Waals surface area (Å²) in [5, 5.41) is 57.0. The van der Waals surface area contributed by atoms with Crippen LogP contribution in [0.15, 0.2) is 122 Å². The second kappa shape index (κ2) is 56.5. The smallest absolute Gasteiger partial charge is 0.306 e. The number of carbonyl (C=O) groups is 2. The van der Waals surface area contributed by atoms with E-state index in [0.717, 1.165) is 141 Å². The topological polar surface area (TPSA) is 175 Å². The van der Waals surface area contributed by atoms with Crippen LogP contribution in [0, 0.1) is 0 Å². The number of esters is 1. The summed E-state index contributed by atoms with van der Waals surface area (Å²) in [7, 11) is 0. The number of hydrogen-bond donors (Lipinski definition) is 6. The molecule has 8 atom stereocenters. The molecule has 8 unspecified atom stereocenters. The van der Waals surface area contributed by atoms with Crippen LogP contribution in [0.4, 0.5) is 0 Å². The van der Waals surface area contributed by atoms with Crippen LogP contribution in [0.2, 0.25) is 0 Å². The maximum atomic E-state index is 13.5. The van der Waals surface area contributed by atoms with Crippen molar-refractivity contribution in [3.05, 3.63) is 122 Å². The molecule has 81 heavy (non-hydrogen) atoms. The van der Waals surface area contributed by atoms with Gasteiger partial charge in [-0.15, -0.1) is 0 Å². The van der Waals surface area contributed by atoms with E-state index in [9.17, 15) is 35.1 Å². The maximum Gasteiger partial charge on any atom is 0.306 e. The molecule has 11 heteroatoms. The van der Waals surface area contributed by atoms with Crippen LogP contribution in [0.25, 0.3) is 0 Å². The van der Waals surface area contributed by atoms with Gasteiger partial charge in [0.25, 0.3) is 0 Å². The van der Waals surface area contributed by atoms with E-state index in [1.807, 2.05) is 24.3 Å². The molecule has 1 amide bonds. The van der Waals surface area contributed by atoms with E-state index >= 15 is 0 Å². The summed E-state index contributed by atoms with van der Waals surface area (Å²) >= 11 is 0. The third kappa shape index (κ3) is 44.3. The molecule has 6 N–H and O–H groups in total. The molecule has 0 saturated carbocycles. The first-order chi connectivity index (χ1) is 39.7. The first-order valence-electron chi connectivity index (χ1n) is 32.3. The van der Waals surface area contributed by atoms with Crippen molar-refractivity contribution in [3.8, 4) is 0 Å². The third-order valence-electron chi connectivity index (χ3n) is 14.4. The summed E-state index contributed by atoms with van der Waals surface area (Å²) in [6.07, 6.45) is 68.1. The highest BCUT2D eigenvalue weighted by atomic mass is 16.7. The average Bonchev–Trinajstić information content (AvgIpc) is 3.52. The number of nitrogens with one attached hydrogen (secondary N) is 1. The number of amides is 1. The SMILES string of the molecule is CC/C=C\C/C=C\C/C=C\C/C=C\C/C=C\C/C=C\CCCCCCCCCC(O)C(=O)NC(COC1OC(CO)C(O)C(O)C1OC(=O)CCCCCCC\C=C/C=C/C=C/CC)C(O)/C=C/CCCCCCCCCCCCC. The molecule has 462 valence electrons. The van der Waals surface area contributed by atoms with Crippen LogP contribution >= 0.6 is 0 Å². The Bertz CT molecular complexity index is 1780. The Morgan fingerprint density at radius 1 is 0.506 bits per heavy atom. The Morgan fingerprint density at radius 3 is 1.47 bits per heavy atom. The molecule has 1 saturated heterocycles. The van der Waals surface area contributed by atoms with Gasteiger partial charge in [0.1, 0.15) is 24.4 Å². The lowest BCUT2D eigenvalue weighted by molar-refractivity contribution is -0.305. The lowest BCUT2D eigenvalue weighted by Crippen LogP contribution is -2.61. The van der Waals surface area contributed by atoms with E-state index in [4.69, 9.17) is 14.2 Å². The van der Waals surface area contributed by atoms with Gasteiger partial charge in [0.2, 0.25) is 5.91 Å². The summed E-state index contributed by atoms with van der Waals surface area (Å²) in [5.74, 6) is -1.23. The van der Waals surface area contributed by atoms with Crippen molar-refractivity contribution in [3.63, 3.8) is 0 Å². The van der Waals surface area contributed by atoms with Gasteiger partial charge in [0.05, 0.1) is 25.4 Å². The van der Waals surface area contributed by atoms with E-state index in [-0.39, 0.29) is 19.4 Å². The monoisotopic (exact) mass is 1130 g/mol. The fourth-order valence-corrected chi connectivity index (χ4v) is 9.36. The van der Waals surface area contributed by atoms with Gasteiger partial charge in [-0.25, -0.2) is 0 Å². The van der Waals surface area contributed by atoms with Gasteiger partial charge in [0, 0.05) is 6.42 Å². The number of rotatable bonds is 53. The number of unbranched alkanes of at least 4 members (excludes halogenated alkanes) is 23. The Kier molecular flexibility index (Phi) is 52.4. The molecule has 1 fully saturated rings. The van der Waals surface area contributed by atoms with Crippen LogP contribution in [0.3, 0.4) is 0 Å². The summed E-state index contributed by atoms with van der Waals surface area (Å²) < 4.78 is 17.6. The number of hydrogen-bond acceptors (Lipinski definition) is 10. The van der Waals surface area contributed by atoms with Crippen molar-refractivity contribution in [2.45, 2.75) is 294 Å². The summed E-state index contributed by atoms with van der Waals surface area (Å²) in [6.45, 7) is 5.52. The zero-order valence-corrected chi connectivity index (χ0v) is 51.1. The minimum Gasteiger partial charge on any atom is -0.454 e. The van der Waals surface area contributed by atoms with Crippen molar-refractivity contribution in [1.82, 2.24) is 5.32 Å². The Balaban J connectivity index is 2.64. The summed E-state index contributed by atoms with van der Waals surface area (Å²) in [4.78, 5) is 26.6. The van der Waals surface area contributed by atoms with Gasteiger partial charge >= 0.3 is 5.97 Å². The van der Waals surface area contributed by atoms with E-state index < -0.39 is 67.4 Å². The molecule has 0 aromatic carbocycles. The van der Waals surface area contributed by atoms with E-state index in [0.29, 0.717) is 12.8 Å². The molecule has 1 heterocycles. The zero-order valence-electron chi connectivity index (χ0n) is 51.1. The van der Waals surface area contributed by atoms with Gasteiger partial charge in [0.15, 0.2) is 12.4 Å². The van der Waals surface area contributed by atoms with E-state index in [1.54, 1.807) is 6.08 Å². The molecule has 0 bridgehead atoms. The summed E-state index contributed by atoms with van der Waals surface area (Å²) in [5.41, 5.74) is 0. The lowest BCUT2D eigenvalue weighted by atomic mass is 9.99. The van der Waals surface area contributed by atoms with Crippen molar-refractivity contribution in [2.75, 3.05) is 13.2 Å². The van der Waals surface area contributed by atoms with Crippen molar-refractivity contribution < 1.29 is 49.3 Å². The van der Waals surface area contributed by atoms with Crippen LogP contribution in [-0.4, -0.2) is 99.6 Å². The second-order valence-electron chi connectivity index (χ2n) is 21.8.